The molecule has 1 aliphatic heterocycles. The lowest BCUT2D eigenvalue weighted by Crippen LogP contribution is -2.43. The number of carbonyl (C=O) groups is 1. The molecule has 18 heavy (non-hydrogen) atoms. The summed E-state index contributed by atoms with van der Waals surface area (Å²) in [4.78, 5) is 15.3. The normalized spacial score (nSPS) is 20.2. The summed E-state index contributed by atoms with van der Waals surface area (Å²) >= 11 is 11.1. The standard InChI is InChI=1S/C13H17BrClNOS/c1-9-8-18-12(11(9)15)13(17)16-7-3-2-4-10(16)5-6-14/h8,10H,2-7H2,1H3. The minimum absolute atomic E-state index is 0.115. The van der Waals surface area contributed by atoms with Gasteiger partial charge in [-0.3, -0.25) is 4.79 Å². The van der Waals surface area contributed by atoms with E-state index in [4.69, 9.17) is 11.6 Å². The van der Waals surface area contributed by atoms with Crippen molar-refractivity contribution < 1.29 is 4.79 Å². The van der Waals surface area contributed by atoms with Crippen LogP contribution in [0.4, 0.5) is 0 Å². The van der Waals surface area contributed by atoms with E-state index in [2.05, 4.69) is 15.9 Å². The molecule has 1 atom stereocenters. The van der Waals surface area contributed by atoms with E-state index < -0.39 is 0 Å². The third-order valence-corrected chi connectivity index (χ3v) is 5.57. The summed E-state index contributed by atoms with van der Waals surface area (Å²) in [5, 5.41) is 3.53. The highest BCUT2D eigenvalue weighted by Crippen LogP contribution is 2.31. The highest BCUT2D eigenvalue weighted by molar-refractivity contribution is 9.09. The molecule has 1 saturated heterocycles. The van der Waals surface area contributed by atoms with Gasteiger partial charge in [-0.2, -0.15) is 0 Å². The minimum atomic E-state index is 0.115. The van der Waals surface area contributed by atoms with Crippen molar-refractivity contribution in [3.8, 4) is 0 Å². The fourth-order valence-corrected chi connectivity index (χ4v) is 4.16. The lowest BCUT2D eigenvalue weighted by molar-refractivity contribution is 0.0615. The molecule has 0 N–H and O–H groups in total. The van der Waals surface area contributed by atoms with Crippen molar-refractivity contribution in [2.45, 2.75) is 38.6 Å². The predicted octanol–water partition coefficient (Wildman–Crippen LogP) is 4.49. The Morgan fingerprint density at radius 2 is 2.39 bits per heavy atom. The van der Waals surface area contributed by atoms with E-state index in [1.807, 2.05) is 17.2 Å². The number of hydrogen-bond donors (Lipinski definition) is 0. The molecule has 5 heteroatoms. The Bertz CT molecular complexity index is 433. The number of rotatable bonds is 3. The van der Waals surface area contributed by atoms with Gasteiger partial charge in [0.25, 0.3) is 5.91 Å². The zero-order valence-corrected chi connectivity index (χ0v) is 13.6. The molecular formula is C13H17BrClNOS. The van der Waals surface area contributed by atoms with Crippen LogP contribution >= 0.6 is 38.9 Å². The van der Waals surface area contributed by atoms with Crippen LogP contribution in [-0.4, -0.2) is 28.7 Å². The molecule has 2 heterocycles. The number of likely N-dealkylation sites (tertiary alicyclic amines) is 1. The monoisotopic (exact) mass is 349 g/mol. The molecule has 0 bridgehead atoms. The highest BCUT2D eigenvalue weighted by atomic mass is 79.9. The molecule has 1 amide bonds. The summed E-state index contributed by atoms with van der Waals surface area (Å²) < 4.78 is 0. The number of nitrogens with zero attached hydrogens (tertiary/aromatic N) is 1. The molecule has 1 aromatic heterocycles. The molecule has 1 unspecified atom stereocenters. The maximum Gasteiger partial charge on any atom is 0.265 e. The molecular weight excluding hydrogens is 334 g/mol. The number of piperidine rings is 1. The average molecular weight is 351 g/mol. The van der Waals surface area contributed by atoms with Gasteiger partial charge >= 0.3 is 0 Å². The predicted molar refractivity (Wildman–Crippen MR) is 81.2 cm³/mol. The molecule has 0 spiro atoms. The van der Waals surface area contributed by atoms with Crippen LogP contribution in [0.25, 0.3) is 0 Å². The Morgan fingerprint density at radius 3 is 3.00 bits per heavy atom. The van der Waals surface area contributed by atoms with Crippen molar-refractivity contribution in [2.75, 3.05) is 11.9 Å². The van der Waals surface area contributed by atoms with E-state index in [0.717, 1.165) is 36.7 Å². The van der Waals surface area contributed by atoms with E-state index in [-0.39, 0.29) is 5.91 Å². The van der Waals surface area contributed by atoms with Crippen LogP contribution in [0.1, 0.15) is 40.9 Å². The second kappa shape index (κ2) is 6.40. The number of hydrogen-bond acceptors (Lipinski definition) is 2. The van der Waals surface area contributed by atoms with Crippen LogP contribution in [0.3, 0.4) is 0 Å². The maximum atomic E-state index is 12.6. The van der Waals surface area contributed by atoms with Gasteiger partial charge in [0.2, 0.25) is 0 Å². The lowest BCUT2D eigenvalue weighted by atomic mass is 10.00. The van der Waals surface area contributed by atoms with E-state index in [1.54, 1.807) is 0 Å². The molecule has 1 aromatic rings. The molecule has 100 valence electrons. The number of amides is 1. The van der Waals surface area contributed by atoms with Gasteiger partial charge in [-0.1, -0.05) is 27.5 Å². The smallest absolute Gasteiger partial charge is 0.265 e. The Kier molecular flexibility index (Phi) is 5.10. The van der Waals surface area contributed by atoms with Crippen molar-refractivity contribution >= 4 is 44.8 Å². The van der Waals surface area contributed by atoms with Gasteiger partial charge in [0.1, 0.15) is 4.88 Å². The summed E-state index contributed by atoms with van der Waals surface area (Å²) in [5.74, 6) is 0.115. The van der Waals surface area contributed by atoms with Crippen molar-refractivity contribution in [3.05, 3.63) is 20.8 Å². The van der Waals surface area contributed by atoms with Gasteiger partial charge < -0.3 is 4.90 Å². The van der Waals surface area contributed by atoms with Crippen LogP contribution in [0.15, 0.2) is 5.38 Å². The van der Waals surface area contributed by atoms with Gasteiger partial charge in [-0.25, -0.2) is 0 Å². The zero-order valence-electron chi connectivity index (χ0n) is 10.4. The summed E-state index contributed by atoms with van der Waals surface area (Å²) in [6.45, 7) is 2.81. The lowest BCUT2D eigenvalue weighted by Gasteiger charge is -2.35. The van der Waals surface area contributed by atoms with Crippen LogP contribution in [0, 0.1) is 6.92 Å². The van der Waals surface area contributed by atoms with Crippen LogP contribution < -0.4 is 0 Å². The zero-order chi connectivity index (χ0) is 13.1. The van der Waals surface area contributed by atoms with Crippen molar-refractivity contribution in [2.24, 2.45) is 0 Å². The summed E-state index contributed by atoms with van der Waals surface area (Å²) in [6, 6.07) is 0.365. The SMILES string of the molecule is Cc1csc(C(=O)N2CCCCC2CCBr)c1Cl. The highest BCUT2D eigenvalue weighted by Gasteiger charge is 2.29. The summed E-state index contributed by atoms with van der Waals surface area (Å²) in [7, 11) is 0. The number of aryl methyl sites for hydroxylation is 1. The number of halogens is 2. The second-order valence-corrected chi connectivity index (χ2v) is 6.74. The van der Waals surface area contributed by atoms with Crippen LogP contribution in [0.2, 0.25) is 5.02 Å². The molecule has 1 fully saturated rings. The Labute approximate surface area is 125 Å². The van der Waals surface area contributed by atoms with Crippen molar-refractivity contribution in [1.29, 1.82) is 0 Å². The summed E-state index contributed by atoms with van der Waals surface area (Å²) in [6.07, 6.45) is 4.46. The van der Waals surface area contributed by atoms with E-state index in [9.17, 15) is 4.79 Å². The number of alkyl halides is 1. The molecule has 0 aliphatic carbocycles. The molecule has 1 aliphatic rings. The molecule has 0 saturated carbocycles. The number of carbonyl (C=O) groups excluding carboxylic acids is 1. The van der Waals surface area contributed by atoms with Crippen molar-refractivity contribution in [1.82, 2.24) is 4.90 Å². The van der Waals surface area contributed by atoms with Crippen LogP contribution in [0.5, 0.6) is 0 Å². The quantitative estimate of drug-likeness (QED) is 0.736. The first kappa shape index (κ1) is 14.4. The first-order valence-electron chi connectivity index (χ1n) is 6.25. The third-order valence-electron chi connectivity index (χ3n) is 3.42. The van der Waals surface area contributed by atoms with Gasteiger partial charge in [0.05, 0.1) is 5.02 Å². The average Bonchev–Trinajstić information content (AvgIpc) is 2.70. The minimum Gasteiger partial charge on any atom is -0.335 e. The van der Waals surface area contributed by atoms with Crippen LogP contribution in [-0.2, 0) is 0 Å². The second-order valence-electron chi connectivity index (χ2n) is 4.69. The van der Waals surface area contributed by atoms with E-state index in [0.29, 0.717) is 15.9 Å². The van der Waals surface area contributed by atoms with E-state index in [1.165, 1.54) is 17.8 Å². The van der Waals surface area contributed by atoms with Gasteiger partial charge in [0.15, 0.2) is 0 Å². The first-order chi connectivity index (χ1) is 8.65. The Hall–Kier alpha value is -0.0600. The molecule has 2 rings (SSSR count). The largest absolute Gasteiger partial charge is 0.335 e. The third kappa shape index (κ3) is 2.91. The van der Waals surface area contributed by atoms with Gasteiger partial charge in [-0.05, 0) is 43.6 Å². The molecule has 2 nitrogen and oxygen atoms in total. The van der Waals surface area contributed by atoms with Gasteiger partial charge in [0, 0.05) is 17.9 Å². The number of thiophene rings is 1. The Morgan fingerprint density at radius 1 is 1.61 bits per heavy atom. The fourth-order valence-electron chi connectivity index (χ4n) is 2.40. The molecule has 0 radical (unpaired) electrons. The van der Waals surface area contributed by atoms with Crippen molar-refractivity contribution in [3.63, 3.8) is 0 Å². The Balaban J connectivity index is 2.18. The first-order valence-corrected chi connectivity index (χ1v) is 8.63. The molecule has 0 aromatic carbocycles. The fraction of sp³-hybridized carbons (Fsp3) is 0.615. The maximum absolute atomic E-state index is 12.6. The summed E-state index contributed by atoms with van der Waals surface area (Å²) in [5.41, 5.74) is 0.999. The van der Waals surface area contributed by atoms with E-state index >= 15 is 0 Å². The topological polar surface area (TPSA) is 20.3 Å². The van der Waals surface area contributed by atoms with Gasteiger partial charge in [-0.15, -0.1) is 11.3 Å².